The number of ether oxygens (including phenoxy) is 3. The molecule has 0 aromatic carbocycles. The van der Waals surface area contributed by atoms with E-state index in [9.17, 15) is 14.4 Å². The molecule has 0 bridgehead atoms. The Bertz CT molecular complexity index is 1490. The van der Waals surface area contributed by atoms with Crippen molar-refractivity contribution >= 4 is 17.9 Å². The minimum absolute atomic E-state index is 0.0864. The Morgan fingerprint density at radius 1 is 0.276 bits per heavy atom. The fourth-order valence-electron chi connectivity index (χ4n) is 8.97. The van der Waals surface area contributed by atoms with Gasteiger partial charge in [0.1, 0.15) is 13.2 Å². The van der Waals surface area contributed by atoms with Crippen molar-refractivity contribution in [3.8, 4) is 0 Å². The van der Waals surface area contributed by atoms with Gasteiger partial charge < -0.3 is 14.2 Å². The number of hydrogen-bond donors (Lipinski definition) is 0. The molecule has 76 heavy (non-hydrogen) atoms. The first-order valence-corrected chi connectivity index (χ1v) is 32.2. The van der Waals surface area contributed by atoms with E-state index in [2.05, 4.69) is 118 Å². The zero-order chi connectivity index (χ0) is 55.0. The van der Waals surface area contributed by atoms with E-state index in [0.717, 1.165) is 109 Å². The van der Waals surface area contributed by atoms with Gasteiger partial charge in [0, 0.05) is 19.3 Å². The average Bonchev–Trinajstić information content (AvgIpc) is 3.42. The Balaban J connectivity index is 4.41. The summed E-state index contributed by atoms with van der Waals surface area (Å²) < 4.78 is 16.9. The molecule has 1 atom stereocenters. The lowest BCUT2D eigenvalue weighted by molar-refractivity contribution is -0.167. The number of unbranched alkanes of at least 4 members (excludes halogenated alkanes) is 31. The molecule has 0 aliphatic rings. The second-order valence-corrected chi connectivity index (χ2v) is 21.3. The van der Waals surface area contributed by atoms with E-state index in [0.29, 0.717) is 19.3 Å². The van der Waals surface area contributed by atoms with Crippen molar-refractivity contribution in [2.45, 2.75) is 316 Å². The van der Waals surface area contributed by atoms with Gasteiger partial charge in [-0.1, -0.05) is 266 Å². The van der Waals surface area contributed by atoms with Crippen LogP contribution in [0.2, 0.25) is 0 Å². The van der Waals surface area contributed by atoms with E-state index in [1.54, 1.807) is 0 Å². The molecule has 1 unspecified atom stereocenters. The second-order valence-electron chi connectivity index (χ2n) is 21.3. The third kappa shape index (κ3) is 61.2. The topological polar surface area (TPSA) is 78.9 Å². The molecule has 0 amide bonds. The standard InChI is InChI=1S/C70H120O6/c1-4-7-10-13-16-19-22-25-28-31-33-34-35-36-37-40-42-45-48-51-54-57-60-63-69(72)75-66-67(65-74-68(71)62-59-56-53-50-47-44-41-38-30-27-24-21-18-15-12-9-6-3)76-70(73)64-61-58-55-52-49-46-43-39-32-29-26-23-20-17-14-11-8-5-2/h7,10,16,18-19,21,25,27-30,32-34,36-37,67H,4-6,8-9,11-15,17,20,22-24,26,31,35,38-66H2,1-3H3/b10-7-,19-16-,21-18-,28-25-,30-27-,32-29-,34-33-,37-36-. The lowest BCUT2D eigenvalue weighted by atomic mass is 10.1. The molecule has 6 heteroatoms. The largest absolute Gasteiger partial charge is 0.462 e. The van der Waals surface area contributed by atoms with E-state index in [4.69, 9.17) is 14.2 Å². The van der Waals surface area contributed by atoms with E-state index in [1.165, 1.54) is 161 Å². The summed E-state index contributed by atoms with van der Waals surface area (Å²) in [6, 6.07) is 0. The van der Waals surface area contributed by atoms with E-state index >= 15 is 0 Å². The van der Waals surface area contributed by atoms with Crippen LogP contribution in [0.3, 0.4) is 0 Å². The summed E-state index contributed by atoms with van der Waals surface area (Å²) >= 11 is 0. The van der Waals surface area contributed by atoms with Gasteiger partial charge >= 0.3 is 17.9 Å². The Morgan fingerprint density at radius 2 is 0.513 bits per heavy atom. The van der Waals surface area contributed by atoms with Crippen LogP contribution in [0.25, 0.3) is 0 Å². The third-order valence-corrected chi connectivity index (χ3v) is 13.8. The van der Waals surface area contributed by atoms with E-state index in [1.807, 2.05) is 0 Å². The molecule has 436 valence electrons. The van der Waals surface area contributed by atoms with Crippen LogP contribution in [0.1, 0.15) is 310 Å². The molecule has 0 heterocycles. The van der Waals surface area contributed by atoms with Gasteiger partial charge in [0.2, 0.25) is 0 Å². The predicted molar refractivity (Wildman–Crippen MR) is 330 cm³/mol. The van der Waals surface area contributed by atoms with Crippen molar-refractivity contribution < 1.29 is 28.6 Å². The van der Waals surface area contributed by atoms with Crippen molar-refractivity contribution in [1.82, 2.24) is 0 Å². The first-order valence-electron chi connectivity index (χ1n) is 32.2. The molecule has 6 nitrogen and oxygen atoms in total. The normalized spacial score (nSPS) is 12.7. The van der Waals surface area contributed by atoms with Gasteiger partial charge in [0.05, 0.1) is 0 Å². The van der Waals surface area contributed by atoms with Gasteiger partial charge in [-0.3, -0.25) is 14.4 Å². The van der Waals surface area contributed by atoms with Gasteiger partial charge in [-0.15, -0.1) is 0 Å². The second kappa shape index (κ2) is 63.9. The van der Waals surface area contributed by atoms with Gasteiger partial charge in [0.15, 0.2) is 6.10 Å². The maximum Gasteiger partial charge on any atom is 0.306 e. The highest BCUT2D eigenvalue weighted by atomic mass is 16.6. The zero-order valence-corrected chi connectivity index (χ0v) is 50.0. The summed E-state index contributed by atoms with van der Waals surface area (Å²) in [6.07, 6.45) is 85.4. The lowest BCUT2D eigenvalue weighted by Crippen LogP contribution is -2.30. The number of carbonyl (C=O) groups excluding carboxylic acids is 3. The molecule has 0 aromatic rings. The molecule has 0 fully saturated rings. The molecule has 0 aliphatic carbocycles. The Labute approximate surface area is 470 Å². The summed E-state index contributed by atoms with van der Waals surface area (Å²) in [4.78, 5) is 38.4. The first-order chi connectivity index (χ1) is 37.5. The summed E-state index contributed by atoms with van der Waals surface area (Å²) in [5.74, 6) is -0.899. The number of esters is 3. The molecule has 0 radical (unpaired) electrons. The van der Waals surface area contributed by atoms with E-state index < -0.39 is 6.10 Å². The van der Waals surface area contributed by atoms with Gasteiger partial charge in [-0.2, -0.15) is 0 Å². The molecule has 0 aromatic heterocycles. The zero-order valence-electron chi connectivity index (χ0n) is 50.0. The Kier molecular flexibility index (Phi) is 60.8. The number of hydrogen-bond acceptors (Lipinski definition) is 6. The van der Waals surface area contributed by atoms with Gasteiger partial charge in [0.25, 0.3) is 0 Å². The summed E-state index contributed by atoms with van der Waals surface area (Å²) in [7, 11) is 0. The number of carbonyl (C=O) groups is 3. The number of allylic oxidation sites excluding steroid dienone is 16. The molecule has 0 aliphatic heterocycles. The molecular weight excluding hydrogens is 937 g/mol. The van der Waals surface area contributed by atoms with Crippen molar-refractivity contribution in [1.29, 1.82) is 0 Å². The summed E-state index contributed by atoms with van der Waals surface area (Å²) in [5.41, 5.74) is 0. The minimum atomic E-state index is -0.790. The maximum absolute atomic E-state index is 12.9. The first kappa shape index (κ1) is 72.3. The molecule has 0 saturated heterocycles. The van der Waals surface area contributed by atoms with Crippen molar-refractivity contribution in [3.63, 3.8) is 0 Å². The van der Waals surface area contributed by atoms with Crippen LogP contribution in [-0.2, 0) is 28.6 Å². The van der Waals surface area contributed by atoms with Crippen LogP contribution >= 0.6 is 0 Å². The summed E-state index contributed by atoms with van der Waals surface area (Å²) in [6.45, 7) is 6.51. The fourth-order valence-corrected chi connectivity index (χ4v) is 8.97. The van der Waals surface area contributed by atoms with Crippen LogP contribution in [0, 0.1) is 0 Å². The van der Waals surface area contributed by atoms with Gasteiger partial charge in [-0.25, -0.2) is 0 Å². The SMILES string of the molecule is CC/C=C\C/C=C\C/C=C\C/C=C\C/C=C\CCCCCCCCCC(=O)OCC(COC(=O)CCCCCCCCC/C=C\C/C=C\CCCCC)OC(=O)CCCCCCCCC/C=C\CCCCCCCCC. The highest BCUT2D eigenvalue weighted by molar-refractivity contribution is 5.71. The average molecular weight is 1060 g/mol. The predicted octanol–water partition coefficient (Wildman–Crippen LogP) is 22.0. The maximum atomic E-state index is 12.9. The van der Waals surface area contributed by atoms with Crippen molar-refractivity contribution in [2.75, 3.05) is 13.2 Å². The van der Waals surface area contributed by atoms with Crippen LogP contribution in [0.4, 0.5) is 0 Å². The summed E-state index contributed by atoms with van der Waals surface area (Å²) in [5, 5.41) is 0. The Hall–Kier alpha value is -3.67. The molecule has 0 N–H and O–H groups in total. The van der Waals surface area contributed by atoms with Crippen molar-refractivity contribution in [3.05, 3.63) is 97.2 Å². The van der Waals surface area contributed by atoms with Gasteiger partial charge in [-0.05, 0) is 122 Å². The lowest BCUT2D eigenvalue weighted by Gasteiger charge is -2.18. The highest BCUT2D eigenvalue weighted by Crippen LogP contribution is 2.16. The highest BCUT2D eigenvalue weighted by Gasteiger charge is 2.19. The van der Waals surface area contributed by atoms with Crippen LogP contribution in [-0.4, -0.2) is 37.2 Å². The fraction of sp³-hybridized carbons (Fsp3) is 0.729. The monoisotopic (exact) mass is 1060 g/mol. The smallest absolute Gasteiger partial charge is 0.306 e. The van der Waals surface area contributed by atoms with Crippen LogP contribution in [0.15, 0.2) is 97.2 Å². The molecule has 0 rings (SSSR count). The van der Waals surface area contributed by atoms with Crippen molar-refractivity contribution in [2.24, 2.45) is 0 Å². The minimum Gasteiger partial charge on any atom is -0.462 e. The molecule has 0 saturated carbocycles. The Morgan fingerprint density at radius 3 is 0.842 bits per heavy atom. The quantitative estimate of drug-likeness (QED) is 0.0261. The molecular formula is C70H120O6. The van der Waals surface area contributed by atoms with Crippen LogP contribution < -0.4 is 0 Å². The van der Waals surface area contributed by atoms with Crippen LogP contribution in [0.5, 0.6) is 0 Å². The van der Waals surface area contributed by atoms with E-state index in [-0.39, 0.29) is 31.1 Å². The molecule has 0 spiro atoms. The third-order valence-electron chi connectivity index (χ3n) is 13.8. The number of rotatable bonds is 58.